The standard InChI is InChI=1S/C19H25N5O3S2/c25-15-5-3-14(4-6-15)23-7-9-24(10-8-23)17(26)13-28-19-22-21-18(29-19)20-12-16-2-1-11-27-16/h3-6,16,25H,1-2,7-13H2,(H,20,21). The fourth-order valence-electron chi connectivity index (χ4n) is 3.44. The van der Waals surface area contributed by atoms with Crippen LogP contribution in [0.15, 0.2) is 28.6 Å². The third-order valence-corrected chi connectivity index (χ3v) is 7.08. The van der Waals surface area contributed by atoms with E-state index in [0.29, 0.717) is 18.8 Å². The lowest BCUT2D eigenvalue weighted by Gasteiger charge is -2.36. The molecule has 0 spiro atoms. The zero-order valence-electron chi connectivity index (χ0n) is 16.1. The van der Waals surface area contributed by atoms with Gasteiger partial charge in [-0.25, -0.2) is 0 Å². The Balaban J connectivity index is 1.19. The van der Waals surface area contributed by atoms with Gasteiger partial charge in [0.05, 0.1) is 11.9 Å². The second kappa shape index (κ2) is 9.64. The third-order valence-electron chi connectivity index (χ3n) is 5.08. The number of piperazine rings is 1. The molecule has 2 saturated heterocycles. The van der Waals surface area contributed by atoms with Crippen LogP contribution >= 0.6 is 23.1 Å². The summed E-state index contributed by atoms with van der Waals surface area (Å²) in [5, 5.41) is 21.8. The first-order valence-electron chi connectivity index (χ1n) is 9.81. The molecule has 156 valence electrons. The number of hydrogen-bond donors (Lipinski definition) is 2. The quantitative estimate of drug-likeness (QED) is 0.640. The topological polar surface area (TPSA) is 90.8 Å². The average molecular weight is 436 g/mol. The summed E-state index contributed by atoms with van der Waals surface area (Å²) in [6.07, 6.45) is 2.47. The summed E-state index contributed by atoms with van der Waals surface area (Å²) in [5.41, 5.74) is 1.07. The minimum atomic E-state index is 0.129. The van der Waals surface area contributed by atoms with Crippen LogP contribution in [0.1, 0.15) is 12.8 Å². The van der Waals surface area contributed by atoms with Crippen molar-refractivity contribution >= 4 is 39.8 Å². The summed E-state index contributed by atoms with van der Waals surface area (Å²) in [4.78, 5) is 16.7. The Bertz CT molecular complexity index is 802. The van der Waals surface area contributed by atoms with Gasteiger partial charge in [0.2, 0.25) is 11.0 Å². The number of aromatic hydroxyl groups is 1. The highest BCUT2D eigenvalue weighted by atomic mass is 32.2. The smallest absolute Gasteiger partial charge is 0.233 e. The van der Waals surface area contributed by atoms with E-state index in [1.165, 1.54) is 23.1 Å². The number of phenolic OH excluding ortho intramolecular Hbond substituents is 1. The van der Waals surface area contributed by atoms with Crippen molar-refractivity contribution in [2.75, 3.05) is 55.3 Å². The van der Waals surface area contributed by atoms with Crippen LogP contribution in [0.25, 0.3) is 0 Å². The van der Waals surface area contributed by atoms with E-state index in [0.717, 1.165) is 54.2 Å². The number of amides is 1. The van der Waals surface area contributed by atoms with Crippen molar-refractivity contribution in [1.29, 1.82) is 0 Å². The van der Waals surface area contributed by atoms with Gasteiger partial charge in [-0.05, 0) is 37.1 Å². The second-order valence-electron chi connectivity index (χ2n) is 7.06. The van der Waals surface area contributed by atoms with Crippen molar-refractivity contribution in [2.24, 2.45) is 0 Å². The summed E-state index contributed by atoms with van der Waals surface area (Å²) < 4.78 is 6.39. The summed E-state index contributed by atoms with van der Waals surface area (Å²) in [6.45, 7) is 4.57. The summed E-state index contributed by atoms with van der Waals surface area (Å²) in [7, 11) is 0. The van der Waals surface area contributed by atoms with Crippen molar-refractivity contribution in [3.63, 3.8) is 0 Å². The molecule has 3 heterocycles. The van der Waals surface area contributed by atoms with Crippen LogP contribution in [-0.2, 0) is 9.53 Å². The number of nitrogens with zero attached hydrogens (tertiary/aromatic N) is 4. The molecule has 0 saturated carbocycles. The van der Waals surface area contributed by atoms with Crippen molar-refractivity contribution in [3.05, 3.63) is 24.3 Å². The Morgan fingerprint density at radius 1 is 1.24 bits per heavy atom. The van der Waals surface area contributed by atoms with Gasteiger partial charge < -0.3 is 25.0 Å². The Morgan fingerprint density at radius 2 is 2.03 bits per heavy atom. The molecule has 0 aliphatic carbocycles. The molecule has 8 nitrogen and oxygen atoms in total. The van der Waals surface area contributed by atoms with Gasteiger partial charge in [0.15, 0.2) is 4.34 Å². The molecule has 2 aliphatic heterocycles. The largest absolute Gasteiger partial charge is 0.508 e. The number of carbonyl (C=O) groups excluding carboxylic acids is 1. The molecule has 1 aromatic carbocycles. The van der Waals surface area contributed by atoms with E-state index in [1.54, 1.807) is 12.1 Å². The lowest BCUT2D eigenvalue weighted by Crippen LogP contribution is -2.49. The molecular weight excluding hydrogens is 410 g/mol. The van der Waals surface area contributed by atoms with Gasteiger partial charge in [0, 0.05) is 45.0 Å². The molecule has 4 rings (SSSR count). The molecule has 1 atom stereocenters. The maximum absolute atomic E-state index is 12.5. The van der Waals surface area contributed by atoms with E-state index in [2.05, 4.69) is 20.4 Å². The SMILES string of the molecule is O=C(CSc1nnc(NCC2CCCO2)s1)N1CCN(c2ccc(O)cc2)CC1. The Kier molecular flexibility index (Phi) is 6.73. The number of carbonyl (C=O) groups is 1. The summed E-state index contributed by atoms with van der Waals surface area (Å²) >= 11 is 2.92. The maximum atomic E-state index is 12.5. The first-order valence-corrected chi connectivity index (χ1v) is 11.6. The molecule has 2 N–H and O–H groups in total. The van der Waals surface area contributed by atoms with Gasteiger partial charge in [-0.15, -0.1) is 10.2 Å². The number of thioether (sulfide) groups is 1. The van der Waals surface area contributed by atoms with E-state index in [1.807, 2.05) is 17.0 Å². The van der Waals surface area contributed by atoms with E-state index >= 15 is 0 Å². The van der Waals surface area contributed by atoms with Gasteiger partial charge in [-0.3, -0.25) is 4.79 Å². The molecule has 1 amide bonds. The number of phenols is 1. The van der Waals surface area contributed by atoms with Crippen LogP contribution in [0.5, 0.6) is 5.75 Å². The fourth-order valence-corrected chi connectivity index (χ4v) is 5.10. The first kappa shape index (κ1) is 20.2. The molecule has 2 aliphatic rings. The lowest BCUT2D eigenvalue weighted by molar-refractivity contribution is -0.128. The second-order valence-corrected chi connectivity index (χ2v) is 9.26. The highest BCUT2D eigenvalue weighted by Gasteiger charge is 2.22. The van der Waals surface area contributed by atoms with E-state index in [4.69, 9.17) is 4.74 Å². The van der Waals surface area contributed by atoms with Crippen LogP contribution < -0.4 is 10.2 Å². The number of nitrogens with one attached hydrogen (secondary N) is 1. The molecule has 0 radical (unpaired) electrons. The molecule has 29 heavy (non-hydrogen) atoms. The van der Waals surface area contributed by atoms with Crippen molar-refractivity contribution < 1.29 is 14.6 Å². The van der Waals surface area contributed by atoms with E-state index in [-0.39, 0.29) is 17.8 Å². The average Bonchev–Trinajstić information content (AvgIpc) is 3.43. The highest BCUT2D eigenvalue weighted by molar-refractivity contribution is 8.01. The van der Waals surface area contributed by atoms with Crippen LogP contribution in [-0.4, -0.2) is 77.3 Å². The minimum Gasteiger partial charge on any atom is -0.508 e. The maximum Gasteiger partial charge on any atom is 0.233 e. The molecule has 0 bridgehead atoms. The van der Waals surface area contributed by atoms with Crippen molar-refractivity contribution in [1.82, 2.24) is 15.1 Å². The van der Waals surface area contributed by atoms with Crippen LogP contribution in [0.3, 0.4) is 0 Å². The minimum absolute atomic E-state index is 0.129. The third kappa shape index (κ3) is 5.52. The number of rotatable bonds is 7. The van der Waals surface area contributed by atoms with Gasteiger partial charge in [-0.1, -0.05) is 23.1 Å². The van der Waals surface area contributed by atoms with Gasteiger partial charge in [-0.2, -0.15) is 0 Å². The van der Waals surface area contributed by atoms with Crippen LogP contribution in [0, 0.1) is 0 Å². The van der Waals surface area contributed by atoms with E-state index < -0.39 is 0 Å². The fraction of sp³-hybridized carbons (Fsp3) is 0.526. The van der Waals surface area contributed by atoms with Gasteiger partial charge in [0.1, 0.15) is 5.75 Å². The number of benzene rings is 1. The van der Waals surface area contributed by atoms with Crippen LogP contribution in [0.4, 0.5) is 10.8 Å². The molecule has 10 heteroatoms. The Hall–Kier alpha value is -2.04. The highest BCUT2D eigenvalue weighted by Crippen LogP contribution is 2.26. The predicted molar refractivity (Wildman–Crippen MR) is 115 cm³/mol. The Labute approximate surface area is 178 Å². The van der Waals surface area contributed by atoms with Gasteiger partial charge in [0.25, 0.3) is 0 Å². The summed E-state index contributed by atoms with van der Waals surface area (Å²) in [5.74, 6) is 0.769. The zero-order chi connectivity index (χ0) is 20.1. The van der Waals surface area contributed by atoms with Crippen LogP contribution in [0.2, 0.25) is 0 Å². The molecule has 2 fully saturated rings. The number of ether oxygens (including phenoxy) is 1. The Morgan fingerprint density at radius 3 is 2.76 bits per heavy atom. The molecule has 2 aromatic rings. The van der Waals surface area contributed by atoms with Crippen molar-refractivity contribution in [3.8, 4) is 5.75 Å². The molecule has 1 aromatic heterocycles. The van der Waals surface area contributed by atoms with Crippen molar-refractivity contribution in [2.45, 2.75) is 23.3 Å². The number of aromatic nitrogens is 2. The van der Waals surface area contributed by atoms with E-state index in [9.17, 15) is 9.90 Å². The number of anilines is 2. The lowest BCUT2D eigenvalue weighted by atomic mass is 10.2. The van der Waals surface area contributed by atoms with Gasteiger partial charge >= 0.3 is 0 Å². The molecular formula is C19H25N5O3S2. The normalized spacial score (nSPS) is 19.5. The monoisotopic (exact) mass is 435 g/mol. The predicted octanol–water partition coefficient (Wildman–Crippen LogP) is 2.28. The zero-order valence-corrected chi connectivity index (χ0v) is 17.8. The molecule has 1 unspecified atom stereocenters. The summed E-state index contributed by atoms with van der Waals surface area (Å²) in [6, 6.07) is 7.19. The number of hydrogen-bond acceptors (Lipinski definition) is 9. The first-order chi connectivity index (χ1) is 14.2.